The van der Waals surface area contributed by atoms with Gasteiger partial charge in [-0.2, -0.15) is 0 Å². The number of hydrogen-bond acceptors (Lipinski definition) is 4. The number of ether oxygens (including phenoxy) is 1. The number of hydrogen-bond donors (Lipinski definition) is 0. The predicted molar refractivity (Wildman–Crippen MR) is 64.6 cm³/mol. The molecule has 0 aromatic heterocycles. The summed E-state index contributed by atoms with van der Waals surface area (Å²) in [5, 5.41) is 0. The molecule has 4 heterocycles. The highest BCUT2D eigenvalue weighted by molar-refractivity contribution is 5.71. The van der Waals surface area contributed by atoms with Crippen molar-refractivity contribution in [3.8, 4) is 0 Å². The second-order valence-corrected chi connectivity index (χ2v) is 5.70. The summed E-state index contributed by atoms with van der Waals surface area (Å²) in [6, 6.07) is 0.709. The Kier molecular flexibility index (Phi) is 3.09. The molecule has 4 heteroatoms. The van der Waals surface area contributed by atoms with Gasteiger partial charge in [-0.3, -0.25) is 14.6 Å². The molecule has 0 aromatic carbocycles. The molecule has 0 saturated carbocycles. The minimum Gasteiger partial charge on any atom is -0.468 e. The van der Waals surface area contributed by atoms with E-state index in [1.165, 1.54) is 39.5 Å². The van der Waals surface area contributed by atoms with Crippen molar-refractivity contribution in [2.24, 2.45) is 11.8 Å². The van der Waals surface area contributed by atoms with Gasteiger partial charge in [0.15, 0.2) is 0 Å². The predicted octanol–water partition coefficient (Wildman–Crippen LogP) is 0.575. The number of piperidine rings is 4. The third-order valence-electron chi connectivity index (χ3n) is 4.95. The van der Waals surface area contributed by atoms with Gasteiger partial charge in [-0.25, -0.2) is 0 Å². The van der Waals surface area contributed by atoms with Crippen LogP contribution in [0.4, 0.5) is 0 Å². The van der Waals surface area contributed by atoms with Gasteiger partial charge in [0.1, 0.15) is 0 Å². The zero-order chi connectivity index (χ0) is 11.8. The quantitative estimate of drug-likeness (QED) is 0.659. The summed E-state index contributed by atoms with van der Waals surface area (Å²) in [5.41, 5.74) is 0. The molecule has 0 N–H and O–H groups in total. The number of methoxy groups -OCH3 is 1. The van der Waals surface area contributed by atoms with Crippen LogP contribution in [0.2, 0.25) is 0 Å². The highest BCUT2D eigenvalue weighted by Crippen LogP contribution is 2.41. The number of rotatable bonds is 2. The first-order chi connectivity index (χ1) is 8.28. The van der Waals surface area contributed by atoms with Crippen molar-refractivity contribution in [3.63, 3.8) is 0 Å². The van der Waals surface area contributed by atoms with Gasteiger partial charge in [0, 0.05) is 12.6 Å². The van der Waals surface area contributed by atoms with E-state index in [1.54, 1.807) is 0 Å². The topological polar surface area (TPSA) is 32.8 Å². The summed E-state index contributed by atoms with van der Waals surface area (Å²) >= 11 is 0. The summed E-state index contributed by atoms with van der Waals surface area (Å²) < 4.78 is 4.76. The van der Waals surface area contributed by atoms with E-state index in [1.807, 2.05) is 0 Å². The monoisotopic (exact) mass is 238 g/mol. The number of likely N-dealkylation sites (tertiary alicyclic amines) is 1. The lowest BCUT2D eigenvalue weighted by atomic mass is 9.70. The van der Waals surface area contributed by atoms with Gasteiger partial charge in [-0.1, -0.05) is 0 Å². The molecule has 0 aliphatic carbocycles. The molecule has 2 atom stereocenters. The van der Waals surface area contributed by atoms with Gasteiger partial charge in [0.25, 0.3) is 0 Å². The van der Waals surface area contributed by atoms with Crippen molar-refractivity contribution < 1.29 is 9.53 Å². The zero-order valence-electron chi connectivity index (χ0n) is 10.6. The number of esters is 1. The molecular formula is C13H22N2O2. The fourth-order valence-electron chi connectivity index (χ4n) is 4.02. The largest absolute Gasteiger partial charge is 0.468 e. The fraction of sp³-hybridized carbons (Fsp3) is 0.923. The van der Waals surface area contributed by atoms with Crippen LogP contribution in [-0.4, -0.2) is 61.6 Å². The van der Waals surface area contributed by atoms with E-state index >= 15 is 0 Å². The maximum absolute atomic E-state index is 11.3. The van der Waals surface area contributed by atoms with Gasteiger partial charge in [-0.05, 0) is 50.7 Å². The van der Waals surface area contributed by atoms with Crippen LogP contribution in [0.3, 0.4) is 0 Å². The second kappa shape index (κ2) is 4.58. The van der Waals surface area contributed by atoms with Crippen molar-refractivity contribution in [1.29, 1.82) is 0 Å². The highest BCUT2D eigenvalue weighted by atomic mass is 16.5. The van der Waals surface area contributed by atoms with Crippen LogP contribution in [0.25, 0.3) is 0 Å². The summed E-state index contributed by atoms with van der Waals surface area (Å²) in [6.07, 6.45) is 4.07. The van der Waals surface area contributed by atoms with Crippen molar-refractivity contribution in [1.82, 2.24) is 9.80 Å². The van der Waals surface area contributed by atoms with Gasteiger partial charge < -0.3 is 4.74 Å². The first-order valence-corrected chi connectivity index (χ1v) is 6.81. The molecule has 4 saturated heterocycles. The molecule has 2 bridgehead atoms. The van der Waals surface area contributed by atoms with E-state index in [0.717, 1.165) is 24.9 Å². The Labute approximate surface area is 103 Å². The lowest BCUT2D eigenvalue weighted by molar-refractivity contribution is -0.143. The van der Waals surface area contributed by atoms with Crippen molar-refractivity contribution in [2.45, 2.75) is 25.3 Å². The SMILES string of the molecule is COC(=O)CN1CCC2C3CCN(CC3)C2C1. The maximum atomic E-state index is 11.3. The summed E-state index contributed by atoms with van der Waals surface area (Å²) in [7, 11) is 1.47. The average Bonchev–Trinajstić information content (AvgIpc) is 2.40. The standard InChI is InChI=1S/C13H22N2O2/c1-17-13(16)9-14-5-4-11-10-2-6-15(7-3-10)12(11)8-14/h10-12H,2-9H2,1H3. The average molecular weight is 238 g/mol. The van der Waals surface area contributed by atoms with E-state index in [9.17, 15) is 4.79 Å². The maximum Gasteiger partial charge on any atom is 0.319 e. The fourth-order valence-corrected chi connectivity index (χ4v) is 4.02. The second-order valence-electron chi connectivity index (χ2n) is 5.70. The van der Waals surface area contributed by atoms with Gasteiger partial charge in [-0.15, -0.1) is 0 Å². The van der Waals surface area contributed by atoms with E-state index in [2.05, 4.69) is 9.80 Å². The third-order valence-corrected chi connectivity index (χ3v) is 4.95. The third kappa shape index (κ3) is 2.08. The Morgan fingerprint density at radius 3 is 2.71 bits per heavy atom. The van der Waals surface area contributed by atoms with Crippen LogP contribution in [0, 0.1) is 11.8 Å². The number of carbonyl (C=O) groups excluding carboxylic acids is 1. The molecule has 4 rings (SSSR count). The Balaban J connectivity index is 1.63. The Morgan fingerprint density at radius 2 is 2.00 bits per heavy atom. The lowest BCUT2D eigenvalue weighted by Gasteiger charge is -2.55. The van der Waals surface area contributed by atoms with Crippen LogP contribution in [0.15, 0.2) is 0 Å². The van der Waals surface area contributed by atoms with Crippen LogP contribution in [0.1, 0.15) is 19.3 Å². The Hall–Kier alpha value is -0.610. The highest BCUT2D eigenvalue weighted by Gasteiger charge is 2.44. The molecule has 4 aliphatic rings. The smallest absolute Gasteiger partial charge is 0.319 e. The van der Waals surface area contributed by atoms with Crippen LogP contribution < -0.4 is 0 Å². The van der Waals surface area contributed by atoms with Crippen LogP contribution in [0.5, 0.6) is 0 Å². The molecule has 17 heavy (non-hydrogen) atoms. The first-order valence-electron chi connectivity index (χ1n) is 6.81. The summed E-state index contributed by atoms with van der Waals surface area (Å²) in [4.78, 5) is 16.2. The number of fused-ring (bicyclic) bond motifs is 2. The molecule has 0 radical (unpaired) electrons. The molecule has 4 aliphatic heterocycles. The van der Waals surface area contributed by atoms with Gasteiger partial charge in [0.05, 0.1) is 13.7 Å². The molecule has 2 unspecified atom stereocenters. The van der Waals surface area contributed by atoms with Gasteiger partial charge >= 0.3 is 5.97 Å². The summed E-state index contributed by atoms with van der Waals surface area (Å²) in [5.74, 6) is 1.76. The minimum absolute atomic E-state index is 0.0978. The van der Waals surface area contributed by atoms with Crippen molar-refractivity contribution in [2.75, 3.05) is 39.8 Å². The Morgan fingerprint density at radius 1 is 1.24 bits per heavy atom. The molecular weight excluding hydrogens is 216 g/mol. The van der Waals surface area contributed by atoms with E-state index in [-0.39, 0.29) is 5.97 Å². The minimum atomic E-state index is -0.0978. The normalized spacial score (nSPS) is 41.0. The molecule has 0 amide bonds. The zero-order valence-corrected chi connectivity index (χ0v) is 10.6. The molecule has 96 valence electrons. The number of carbonyl (C=O) groups is 1. The van der Waals surface area contributed by atoms with Crippen molar-refractivity contribution >= 4 is 5.97 Å². The van der Waals surface area contributed by atoms with Gasteiger partial charge in [0.2, 0.25) is 0 Å². The van der Waals surface area contributed by atoms with E-state index in [0.29, 0.717) is 12.6 Å². The molecule has 4 nitrogen and oxygen atoms in total. The van der Waals surface area contributed by atoms with E-state index < -0.39 is 0 Å². The molecule has 0 aromatic rings. The van der Waals surface area contributed by atoms with E-state index in [4.69, 9.17) is 4.74 Å². The first kappa shape index (κ1) is 11.5. The molecule has 4 fully saturated rings. The lowest BCUT2D eigenvalue weighted by Crippen LogP contribution is -2.62. The summed E-state index contributed by atoms with van der Waals surface area (Å²) in [6.45, 7) is 5.16. The molecule has 0 spiro atoms. The van der Waals surface area contributed by atoms with Crippen molar-refractivity contribution in [3.05, 3.63) is 0 Å². The Bertz CT molecular complexity index is 300. The number of nitrogens with zero attached hydrogens (tertiary/aromatic N) is 2. The van der Waals surface area contributed by atoms with Crippen LogP contribution in [-0.2, 0) is 9.53 Å². The van der Waals surface area contributed by atoms with Crippen LogP contribution >= 0.6 is 0 Å².